The van der Waals surface area contributed by atoms with Gasteiger partial charge in [0.05, 0.1) is 13.2 Å². The lowest BCUT2D eigenvalue weighted by Gasteiger charge is -2.26. The molecular weight excluding hydrogens is 240 g/mol. The Labute approximate surface area is 114 Å². The van der Waals surface area contributed by atoms with Crippen molar-refractivity contribution in [2.24, 2.45) is 0 Å². The SMILES string of the molecule is COc1ccc(CC(C)NC2CCCNC2=O)cc1. The molecule has 104 valence electrons. The fourth-order valence-corrected chi connectivity index (χ4v) is 2.45. The molecule has 2 unspecified atom stereocenters. The van der Waals surface area contributed by atoms with Gasteiger partial charge < -0.3 is 15.4 Å². The first-order valence-electron chi connectivity index (χ1n) is 6.85. The van der Waals surface area contributed by atoms with Crippen molar-refractivity contribution in [3.05, 3.63) is 29.8 Å². The Hall–Kier alpha value is -1.55. The fraction of sp³-hybridized carbons (Fsp3) is 0.533. The van der Waals surface area contributed by atoms with Crippen molar-refractivity contribution in [3.63, 3.8) is 0 Å². The molecule has 0 saturated carbocycles. The van der Waals surface area contributed by atoms with Gasteiger partial charge in [-0.05, 0) is 43.9 Å². The first-order valence-corrected chi connectivity index (χ1v) is 6.85. The minimum absolute atomic E-state index is 0.0398. The Balaban J connectivity index is 1.85. The summed E-state index contributed by atoms with van der Waals surface area (Å²) in [6, 6.07) is 8.31. The highest BCUT2D eigenvalue weighted by molar-refractivity contribution is 5.82. The van der Waals surface area contributed by atoms with Gasteiger partial charge in [0.1, 0.15) is 5.75 Å². The van der Waals surface area contributed by atoms with E-state index in [1.54, 1.807) is 7.11 Å². The third kappa shape index (κ3) is 3.96. The Bertz CT molecular complexity index is 417. The molecule has 1 aromatic carbocycles. The number of carbonyl (C=O) groups is 1. The predicted octanol–water partition coefficient (Wildman–Crippen LogP) is 1.49. The smallest absolute Gasteiger partial charge is 0.237 e. The Morgan fingerprint density at radius 1 is 1.42 bits per heavy atom. The van der Waals surface area contributed by atoms with E-state index in [-0.39, 0.29) is 18.0 Å². The molecule has 1 aliphatic rings. The summed E-state index contributed by atoms with van der Waals surface area (Å²) >= 11 is 0. The first-order chi connectivity index (χ1) is 9.19. The molecule has 1 saturated heterocycles. The van der Waals surface area contributed by atoms with Crippen LogP contribution in [0.25, 0.3) is 0 Å². The van der Waals surface area contributed by atoms with Crippen molar-refractivity contribution < 1.29 is 9.53 Å². The maximum absolute atomic E-state index is 11.7. The monoisotopic (exact) mass is 262 g/mol. The average Bonchev–Trinajstić information content (AvgIpc) is 2.42. The van der Waals surface area contributed by atoms with Crippen molar-refractivity contribution >= 4 is 5.91 Å². The Kier molecular flexibility index (Phi) is 4.80. The second-order valence-electron chi connectivity index (χ2n) is 5.11. The summed E-state index contributed by atoms with van der Waals surface area (Å²) < 4.78 is 5.14. The van der Waals surface area contributed by atoms with Crippen LogP contribution in [0.15, 0.2) is 24.3 Å². The summed E-state index contributed by atoms with van der Waals surface area (Å²) in [6.07, 6.45) is 2.89. The molecule has 1 heterocycles. The summed E-state index contributed by atoms with van der Waals surface area (Å²) in [7, 11) is 1.67. The third-order valence-corrected chi connectivity index (χ3v) is 3.47. The highest BCUT2D eigenvalue weighted by Crippen LogP contribution is 2.13. The van der Waals surface area contributed by atoms with Crippen molar-refractivity contribution in [3.8, 4) is 5.75 Å². The average molecular weight is 262 g/mol. The van der Waals surface area contributed by atoms with Crippen LogP contribution in [0.4, 0.5) is 0 Å². The van der Waals surface area contributed by atoms with Gasteiger partial charge in [-0.25, -0.2) is 0 Å². The molecule has 1 fully saturated rings. The molecule has 0 aromatic heterocycles. The predicted molar refractivity (Wildman–Crippen MR) is 75.3 cm³/mol. The number of benzene rings is 1. The van der Waals surface area contributed by atoms with E-state index in [0.717, 1.165) is 31.6 Å². The van der Waals surface area contributed by atoms with Crippen molar-refractivity contribution in [2.45, 2.75) is 38.3 Å². The summed E-state index contributed by atoms with van der Waals surface area (Å²) in [5.74, 6) is 1.00. The molecule has 19 heavy (non-hydrogen) atoms. The van der Waals surface area contributed by atoms with Crippen LogP contribution in [0.3, 0.4) is 0 Å². The quantitative estimate of drug-likeness (QED) is 0.845. The van der Waals surface area contributed by atoms with E-state index >= 15 is 0 Å². The van der Waals surface area contributed by atoms with Crippen LogP contribution < -0.4 is 15.4 Å². The zero-order valence-corrected chi connectivity index (χ0v) is 11.6. The van der Waals surface area contributed by atoms with Crippen LogP contribution in [-0.4, -0.2) is 31.6 Å². The van der Waals surface area contributed by atoms with E-state index in [2.05, 4.69) is 29.7 Å². The van der Waals surface area contributed by atoms with Gasteiger partial charge in [0.15, 0.2) is 0 Å². The van der Waals surface area contributed by atoms with E-state index in [0.29, 0.717) is 0 Å². The number of ether oxygens (including phenoxy) is 1. The highest BCUT2D eigenvalue weighted by atomic mass is 16.5. The molecule has 4 nitrogen and oxygen atoms in total. The summed E-state index contributed by atoms with van der Waals surface area (Å²) in [6.45, 7) is 2.93. The normalized spacial score (nSPS) is 20.7. The van der Waals surface area contributed by atoms with Crippen molar-refractivity contribution in [1.82, 2.24) is 10.6 Å². The molecule has 2 rings (SSSR count). The number of carbonyl (C=O) groups excluding carboxylic acids is 1. The van der Waals surface area contributed by atoms with Gasteiger partial charge in [0.25, 0.3) is 0 Å². The summed E-state index contributed by atoms with van der Waals surface area (Å²) in [4.78, 5) is 11.7. The second-order valence-corrected chi connectivity index (χ2v) is 5.11. The van der Waals surface area contributed by atoms with Gasteiger partial charge in [-0.1, -0.05) is 12.1 Å². The van der Waals surface area contributed by atoms with Crippen LogP contribution in [0.2, 0.25) is 0 Å². The number of hydrogen-bond acceptors (Lipinski definition) is 3. The molecule has 1 amide bonds. The molecule has 4 heteroatoms. The van der Waals surface area contributed by atoms with Crippen LogP contribution >= 0.6 is 0 Å². The van der Waals surface area contributed by atoms with Crippen LogP contribution in [0.5, 0.6) is 5.75 Å². The standard InChI is InChI=1S/C15H22N2O2/c1-11(17-14-4-3-9-16-15(14)18)10-12-5-7-13(19-2)8-6-12/h5-8,11,14,17H,3-4,9-10H2,1-2H3,(H,16,18). The second kappa shape index (κ2) is 6.57. The van der Waals surface area contributed by atoms with Gasteiger partial charge in [-0.15, -0.1) is 0 Å². The van der Waals surface area contributed by atoms with Gasteiger partial charge in [0, 0.05) is 12.6 Å². The molecular formula is C15H22N2O2. The number of amides is 1. The van der Waals surface area contributed by atoms with Gasteiger partial charge in [-0.3, -0.25) is 4.79 Å². The van der Waals surface area contributed by atoms with Crippen molar-refractivity contribution in [2.75, 3.05) is 13.7 Å². The fourth-order valence-electron chi connectivity index (χ4n) is 2.45. The molecule has 1 aromatic rings. The molecule has 0 spiro atoms. The van der Waals surface area contributed by atoms with Gasteiger partial charge in [-0.2, -0.15) is 0 Å². The number of piperidine rings is 1. The summed E-state index contributed by atoms with van der Waals surface area (Å²) in [5.41, 5.74) is 1.25. The zero-order valence-electron chi connectivity index (χ0n) is 11.6. The van der Waals surface area contributed by atoms with Gasteiger partial charge >= 0.3 is 0 Å². The minimum Gasteiger partial charge on any atom is -0.497 e. The summed E-state index contributed by atoms with van der Waals surface area (Å²) in [5, 5.41) is 6.30. The maximum Gasteiger partial charge on any atom is 0.237 e. The topological polar surface area (TPSA) is 50.4 Å². The van der Waals surface area contributed by atoms with E-state index in [9.17, 15) is 4.79 Å². The molecule has 2 N–H and O–H groups in total. The number of rotatable bonds is 5. The van der Waals surface area contributed by atoms with E-state index < -0.39 is 0 Å². The lowest BCUT2D eigenvalue weighted by atomic mass is 10.0. The van der Waals surface area contributed by atoms with E-state index in [1.165, 1.54) is 5.56 Å². The number of hydrogen-bond donors (Lipinski definition) is 2. The Morgan fingerprint density at radius 2 is 2.16 bits per heavy atom. The minimum atomic E-state index is -0.0398. The zero-order chi connectivity index (χ0) is 13.7. The maximum atomic E-state index is 11.7. The molecule has 0 radical (unpaired) electrons. The molecule has 1 aliphatic heterocycles. The van der Waals surface area contributed by atoms with Crippen LogP contribution in [-0.2, 0) is 11.2 Å². The lowest BCUT2D eigenvalue weighted by molar-refractivity contribution is -0.124. The van der Waals surface area contributed by atoms with Crippen molar-refractivity contribution in [1.29, 1.82) is 0 Å². The number of methoxy groups -OCH3 is 1. The van der Waals surface area contributed by atoms with Gasteiger partial charge in [0.2, 0.25) is 5.91 Å². The molecule has 0 bridgehead atoms. The number of nitrogens with one attached hydrogen (secondary N) is 2. The van der Waals surface area contributed by atoms with Crippen LogP contribution in [0, 0.1) is 0 Å². The molecule has 2 atom stereocenters. The largest absolute Gasteiger partial charge is 0.497 e. The van der Waals surface area contributed by atoms with Crippen LogP contribution in [0.1, 0.15) is 25.3 Å². The first kappa shape index (κ1) is 13.9. The lowest BCUT2D eigenvalue weighted by Crippen LogP contribution is -2.51. The van der Waals surface area contributed by atoms with E-state index in [4.69, 9.17) is 4.74 Å². The highest BCUT2D eigenvalue weighted by Gasteiger charge is 2.22. The Morgan fingerprint density at radius 3 is 2.79 bits per heavy atom. The third-order valence-electron chi connectivity index (χ3n) is 3.47. The van der Waals surface area contributed by atoms with E-state index in [1.807, 2.05) is 12.1 Å². The molecule has 0 aliphatic carbocycles.